The summed E-state index contributed by atoms with van der Waals surface area (Å²) in [7, 11) is 0. The van der Waals surface area contributed by atoms with Gasteiger partial charge in [0, 0.05) is 5.39 Å². The van der Waals surface area contributed by atoms with Crippen molar-refractivity contribution < 1.29 is 4.79 Å². The number of fused-ring (bicyclic) bond motifs is 1. The van der Waals surface area contributed by atoms with E-state index in [4.69, 9.17) is 0 Å². The van der Waals surface area contributed by atoms with Gasteiger partial charge >= 0.3 is 0 Å². The highest BCUT2D eigenvalue weighted by Gasteiger charge is 2.11. The Labute approximate surface area is 144 Å². The first-order valence-corrected chi connectivity index (χ1v) is 7.88. The van der Waals surface area contributed by atoms with Crippen LogP contribution in [-0.4, -0.2) is 25.7 Å². The number of pyridine rings is 1. The highest BCUT2D eigenvalue weighted by atomic mass is 16.2. The predicted octanol–water partition coefficient (Wildman–Crippen LogP) is 3.13. The van der Waals surface area contributed by atoms with Gasteiger partial charge < -0.3 is 0 Å². The molecule has 1 amide bonds. The Morgan fingerprint density at radius 1 is 0.960 bits per heavy atom. The molecule has 6 heteroatoms. The lowest BCUT2D eigenvalue weighted by Crippen LogP contribution is -2.15. The second-order valence-corrected chi connectivity index (χ2v) is 5.59. The molecule has 0 radical (unpaired) electrons. The van der Waals surface area contributed by atoms with Crippen molar-refractivity contribution in [1.82, 2.24) is 19.7 Å². The molecule has 0 saturated heterocycles. The lowest BCUT2D eigenvalue weighted by molar-refractivity contribution is 0.102. The van der Waals surface area contributed by atoms with Gasteiger partial charge in [0.2, 0.25) is 5.95 Å². The van der Waals surface area contributed by atoms with E-state index >= 15 is 0 Å². The zero-order valence-corrected chi connectivity index (χ0v) is 13.3. The van der Waals surface area contributed by atoms with Crippen LogP contribution >= 0.6 is 0 Å². The SMILES string of the molecule is O=C(Nc1ncn(Cc2ccccc2)n1)c1ccc2ccccc2n1. The highest BCUT2D eigenvalue weighted by Crippen LogP contribution is 2.12. The van der Waals surface area contributed by atoms with E-state index in [9.17, 15) is 4.79 Å². The highest BCUT2D eigenvalue weighted by molar-refractivity contribution is 6.03. The number of anilines is 1. The average Bonchev–Trinajstić information content (AvgIpc) is 3.09. The van der Waals surface area contributed by atoms with Gasteiger partial charge in [-0.3, -0.25) is 10.1 Å². The van der Waals surface area contributed by atoms with Gasteiger partial charge in [-0.2, -0.15) is 0 Å². The van der Waals surface area contributed by atoms with Gasteiger partial charge in [-0.1, -0.05) is 54.6 Å². The quantitative estimate of drug-likeness (QED) is 0.624. The van der Waals surface area contributed by atoms with Crippen LogP contribution in [0.5, 0.6) is 0 Å². The van der Waals surface area contributed by atoms with Crippen molar-refractivity contribution in [2.45, 2.75) is 6.54 Å². The van der Waals surface area contributed by atoms with E-state index in [0.29, 0.717) is 12.2 Å². The molecule has 4 rings (SSSR count). The normalized spacial score (nSPS) is 10.7. The monoisotopic (exact) mass is 329 g/mol. The second-order valence-electron chi connectivity index (χ2n) is 5.59. The summed E-state index contributed by atoms with van der Waals surface area (Å²) in [5.74, 6) is -0.0703. The van der Waals surface area contributed by atoms with E-state index in [-0.39, 0.29) is 11.9 Å². The molecule has 0 atom stereocenters. The molecule has 2 aromatic heterocycles. The maximum atomic E-state index is 12.4. The van der Waals surface area contributed by atoms with Crippen LogP contribution in [0.25, 0.3) is 10.9 Å². The lowest BCUT2D eigenvalue weighted by atomic mass is 10.2. The molecule has 25 heavy (non-hydrogen) atoms. The van der Waals surface area contributed by atoms with Crippen molar-refractivity contribution in [3.05, 3.63) is 84.3 Å². The summed E-state index contributed by atoms with van der Waals surface area (Å²) in [5, 5.41) is 7.95. The molecule has 2 aromatic carbocycles. The van der Waals surface area contributed by atoms with Crippen molar-refractivity contribution in [1.29, 1.82) is 0 Å². The third kappa shape index (κ3) is 3.37. The minimum Gasteiger partial charge on any atom is -0.288 e. The lowest BCUT2D eigenvalue weighted by Gasteiger charge is -2.03. The zero-order chi connectivity index (χ0) is 17.1. The molecule has 6 nitrogen and oxygen atoms in total. The molecule has 4 aromatic rings. The summed E-state index contributed by atoms with van der Waals surface area (Å²) in [6, 6.07) is 21.2. The van der Waals surface area contributed by atoms with Crippen LogP contribution in [0, 0.1) is 0 Å². The first kappa shape index (κ1) is 15.0. The molecular formula is C19H15N5O. The van der Waals surface area contributed by atoms with Crippen molar-refractivity contribution in [2.75, 3.05) is 5.32 Å². The summed E-state index contributed by atoms with van der Waals surface area (Å²) in [6.45, 7) is 0.595. The molecule has 0 bridgehead atoms. The Balaban J connectivity index is 1.48. The summed E-state index contributed by atoms with van der Waals surface area (Å²) in [6.07, 6.45) is 1.59. The van der Waals surface area contributed by atoms with Gasteiger partial charge in [0.05, 0.1) is 12.1 Å². The first-order chi connectivity index (χ1) is 12.3. The number of rotatable bonds is 4. The number of para-hydroxylation sites is 1. The molecule has 0 spiro atoms. The maximum Gasteiger partial charge on any atom is 0.276 e. The standard InChI is InChI=1S/C19H15N5O/c25-18(17-11-10-15-8-4-5-9-16(15)21-17)22-19-20-13-24(23-19)12-14-6-2-1-3-7-14/h1-11,13H,12H2,(H,22,23,25). The average molecular weight is 329 g/mol. The van der Waals surface area contributed by atoms with Gasteiger partial charge in [0.25, 0.3) is 5.91 Å². The maximum absolute atomic E-state index is 12.4. The third-order valence-corrected chi connectivity index (χ3v) is 3.78. The van der Waals surface area contributed by atoms with Crippen LogP contribution in [0.1, 0.15) is 16.1 Å². The van der Waals surface area contributed by atoms with Gasteiger partial charge in [-0.05, 0) is 17.7 Å². The molecule has 122 valence electrons. The van der Waals surface area contributed by atoms with E-state index in [2.05, 4.69) is 20.4 Å². The Kier molecular flexibility index (Phi) is 3.92. The number of benzene rings is 2. The predicted molar refractivity (Wildman–Crippen MR) is 95.3 cm³/mol. The summed E-state index contributed by atoms with van der Waals surface area (Å²) >= 11 is 0. The number of hydrogen-bond donors (Lipinski definition) is 1. The van der Waals surface area contributed by atoms with E-state index in [1.807, 2.05) is 60.7 Å². The Bertz CT molecular complexity index is 1030. The Morgan fingerprint density at radius 2 is 1.76 bits per heavy atom. The third-order valence-electron chi connectivity index (χ3n) is 3.78. The second kappa shape index (κ2) is 6.52. The summed E-state index contributed by atoms with van der Waals surface area (Å²) in [4.78, 5) is 20.9. The van der Waals surface area contributed by atoms with Crippen molar-refractivity contribution in [3.63, 3.8) is 0 Å². The fourth-order valence-corrected chi connectivity index (χ4v) is 2.56. The summed E-state index contributed by atoms with van der Waals surface area (Å²) < 4.78 is 1.68. The minimum absolute atomic E-state index is 0.260. The number of aromatic nitrogens is 4. The molecule has 0 aliphatic carbocycles. The van der Waals surface area contributed by atoms with Crippen LogP contribution in [-0.2, 0) is 6.54 Å². The first-order valence-electron chi connectivity index (χ1n) is 7.88. The summed E-state index contributed by atoms with van der Waals surface area (Å²) in [5.41, 5.74) is 2.22. The van der Waals surface area contributed by atoms with Crippen LogP contribution < -0.4 is 5.32 Å². The number of amides is 1. The van der Waals surface area contributed by atoms with Crippen LogP contribution in [0.3, 0.4) is 0 Å². The number of nitrogens with zero attached hydrogens (tertiary/aromatic N) is 4. The van der Waals surface area contributed by atoms with Crippen LogP contribution in [0.2, 0.25) is 0 Å². The number of carbonyl (C=O) groups excluding carboxylic acids is 1. The largest absolute Gasteiger partial charge is 0.288 e. The molecular weight excluding hydrogens is 314 g/mol. The molecule has 0 unspecified atom stereocenters. The van der Waals surface area contributed by atoms with Gasteiger partial charge in [0.1, 0.15) is 12.0 Å². The van der Waals surface area contributed by atoms with Crippen molar-refractivity contribution in [3.8, 4) is 0 Å². The molecule has 0 saturated carbocycles. The van der Waals surface area contributed by atoms with E-state index in [1.165, 1.54) is 0 Å². The fraction of sp³-hybridized carbons (Fsp3) is 0.0526. The zero-order valence-electron chi connectivity index (χ0n) is 13.3. The van der Waals surface area contributed by atoms with Gasteiger partial charge in [-0.15, -0.1) is 5.10 Å². The molecule has 2 heterocycles. The minimum atomic E-state index is -0.330. The van der Waals surface area contributed by atoms with Crippen molar-refractivity contribution >= 4 is 22.8 Å². The topological polar surface area (TPSA) is 72.7 Å². The van der Waals surface area contributed by atoms with Crippen LogP contribution in [0.4, 0.5) is 5.95 Å². The number of hydrogen-bond acceptors (Lipinski definition) is 4. The smallest absolute Gasteiger partial charge is 0.276 e. The Morgan fingerprint density at radius 3 is 2.64 bits per heavy atom. The van der Waals surface area contributed by atoms with Crippen LogP contribution in [0.15, 0.2) is 73.1 Å². The molecule has 0 fully saturated rings. The van der Waals surface area contributed by atoms with E-state index in [0.717, 1.165) is 16.5 Å². The number of carbonyl (C=O) groups is 1. The van der Waals surface area contributed by atoms with Crippen molar-refractivity contribution in [2.24, 2.45) is 0 Å². The molecule has 0 aliphatic heterocycles. The van der Waals surface area contributed by atoms with E-state index in [1.54, 1.807) is 17.1 Å². The molecule has 0 aliphatic rings. The molecule has 1 N–H and O–H groups in total. The number of nitrogens with one attached hydrogen (secondary N) is 1. The van der Waals surface area contributed by atoms with Gasteiger partial charge in [0.15, 0.2) is 0 Å². The Hall–Kier alpha value is -3.54. The van der Waals surface area contributed by atoms with E-state index < -0.39 is 0 Å². The van der Waals surface area contributed by atoms with Gasteiger partial charge in [-0.25, -0.2) is 14.6 Å². The fourth-order valence-electron chi connectivity index (χ4n) is 2.56.